The van der Waals surface area contributed by atoms with Crippen molar-refractivity contribution < 1.29 is 4.52 Å². The molecule has 0 amide bonds. The number of aromatic nitrogens is 1. The fraction of sp³-hybridized carbons (Fsp3) is 0.167. The van der Waals surface area contributed by atoms with Gasteiger partial charge in [0.2, 0.25) is 5.55 Å². The zero-order valence-corrected chi connectivity index (χ0v) is 12.5. The normalized spacial score (nSPS) is 10.8. The summed E-state index contributed by atoms with van der Waals surface area (Å²) in [4.78, 5) is 0. The van der Waals surface area contributed by atoms with E-state index in [1.807, 2.05) is 31.2 Å². The predicted molar refractivity (Wildman–Crippen MR) is 83.5 cm³/mol. The van der Waals surface area contributed by atoms with Crippen LogP contribution in [0.15, 0.2) is 53.1 Å². The summed E-state index contributed by atoms with van der Waals surface area (Å²) in [5.74, 6) is 0. The molecule has 1 aromatic heterocycles. The molecule has 0 saturated heterocycles. The van der Waals surface area contributed by atoms with Crippen LogP contribution in [0.5, 0.6) is 0 Å². The molecule has 3 nitrogen and oxygen atoms in total. The predicted octanol–water partition coefficient (Wildman–Crippen LogP) is 4.14. The highest BCUT2D eigenvalue weighted by Gasteiger charge is 2.15. The second-order valence-corrected chi connectivity index (χ2v) is 5.39. The molecule has 0 saturated carbocycles. The average Bonchev–Trinajstić information content (AvgIpc) is 2.77. The van der Waals surface area contributed by atoms with Gasteiger partial charge in [-0.05, 0) is 32.9 Å². The summed E-state index contributed by atoms with van der Waals surface area (Å²) < 4.78 is 7.38. The van der Waals surface area contributed by atoms with E-state index < -0.39 is 0 Å². The van der Waals surface area contributed by atoms with Gasteiger partial charge < -0.3 is 4.52 Å². The Balaban J connectivity index is 2.22. The van der Waals surface area contributed by atoms with Crippen molar-refractivity contribution in [1.29, 1.82) is 5.41 Å². The summed E-state index contributed by atoms with van der Waals surface area (Å²) in [5.41, 5.74) is 6.38. The van der Waals surface area contributed by atoms with E-state index in [0.717, 1.165) is 22.5 Å². The first-order valence-electron chi connectivity index (χ1n) is 6.98. The van der Waals surface area contributed by atoms with Crippen LogP contribution in [0.2, 0.25) is 0 Å². The van der Waals surface area contributed by atoms with Crippen molar-refractivity contribution >= 4 is 0 Å². The van der Waals surface area contributed by atoms with Crippen LogP contribution in [0.4, 0.5) is 0 Å². The number of hydrogen-bond acceptors (Lipinski definition) is 2. The number of nitrogens with zero attached hydrogens (tertiary/aromatic N) is 1. The molecule has 0 spiro atoms. The molecule has 0 bridgehead atoms. The van der Waals surface area contributed by atoms with Gasteiger partial charge in [0, 0.05) is 11.1 Å². The third-order valence-electron chi connectivity index (χ3n) is 3.67. The van der Waals surface area contributed by atoms with Gasteiger partial charge in [0.25, 0.3) is 0 Å². The van der Waals surface area contributed by atoms with E-state index in [9.17, 15) is 0 Å². The monoisotopic (exact) mass is 278 g/mol. The highest BCUT2D eigenvalue weighted by atomic mass is 16.5. The maximum Gasteiger partial charge on any atom is 0.244 e. The molecule has 0 aliphatic heterocycles. The average molecular weight is 278 g/mol. The SMILES string of the molecule is Cc1ccc(-c2c(C)c(=N)on2-c2ccc(C)cc2)cc1. The Morgan fingerprint density at radius 1 is 0.810 bits per heavy atom. The van der Waals surface area contributed by atoms with Crippen molar-refractivity contribution in [3.8, 4) is 16.9 Å². The smallest absolute Gasteiger partial charge is 0.244 e. The van der Waals surface area contributed by atoms with E-state index >= 15 is 0 Å². The summed E-state index contributed by atoms with van der Waals surface area (Å²) in [5, 5.41) is 7.98. The molecule has 3 heteroatoms. The van der Waals surface area contributed by atoms with Crippen LogP contribution in [-0.4, -0.2) is 4.74 Å². The molecule has 0 radical (unpaired) electrons. The molecule has 3 aromatic rings. The van der Waals surface area contributed by atoms with E-state index in [-0.39, 0.29) is 5.55 Å². The Morgan fingerprint density at radius 2 is 1.33 bits per heavy atom. The first-order valence-corrected chi connectivity index (χ1v) is 6.98. The molecule has 0 unspecified atom stereocenters. The Bertz CT molecular complexity index is 821. The first-order chi connectivity index (χ1) is 10.1. The maximum absolute atomic E-state index is 7.98. The quantitative estimate of drug-likeness (QED) is 0.752. The number of aryl methyl sites for hydroxylation is 2. The van der Waals surface area contributed by atoms with Gasteiger partial charge in [-0.3, -0.25) is 5.41 Å². The maximum atomic E-state index is 7.98. The standard InChI is InChI=1S/C18H18N2O/c1-12-4-8-15(9-5-12)17-14(3)18(19)21-20(17)16-10-6-13(2)7-11-16/h4-11,19H,1-3H3. The number of benzene rings is 2. The number of nitrogens with one attached hydrogen (secondary N) is 1. The third-order valence-corrected chi connectivity index (χ3v) is 3.67. The molecule has 106 valence electrons. The zero-order chi connectivity index (χ0) is 15.0. The summed E-state index contributed by atoms with van der Waals surface area (Å²) in [7, 11) is 0. The molecule has 2 aromatic carbocycles. The lowest BCUT2D eigenvalue weighted by Gasteiger charge is -2.08. The minimum absolute atomic E-state index is 0.200. The lowest BCUT2D eigenvalue weighted by molar-refractivity contribution is 0.313. The van der Waals surface area contributed by atoms with E-state index in [2.05, 4.69) is 38.1 Å². The molecule has 0 atom stereocenters. The van der Waals surface area contributed by atoms with Gasteiger partial charge in [0.15, 0.2) is 0 Å². The largest absolute Gasteiger partial charge is 0.354 e. The molecule has 0 aliphatic rings. The van der Waals surface area contributed by atoms with Crippen LogP contribution >= 0.6 is 0 Å². The summed E-state index contributed by atoms with van der Waals surface area (Å²) in [6.07, 6.45) is 0. The van der Waals surface area contributed by atoms with Gasteiger partial charge in [-0.1, -0.05) is 47.5 Å². The molecule has 21 heavy (non-hydrogen) atoms. The molecule has 0 fully saturated rings. The Morgan fingerprint density at radius 3 is 1.90 bits per heavy atom. The van der Waals surface area contributed by atoms with Crippen LogP contribution in [-0.2, 0) is 0 Å². The van der Waals surface area contributed by atoms with Gasteiger partial charge in [0.1, 0.15) is 0 Å². The first kappa shape index (κ1) is 13.4. The van der Waals surface area contributed by atoms with E-state index in [1.165, 1.54) is 11.1 Å². The Kier molecular flexibility index (Phi) is 3.26. The molecule has 1 N–H and O–H groups in total. The van der Waals surface area contributed by atoms with Crippen molar-refractivity contribution in [2.24, 2.45) is 0 Å². The molecular formula is C18H18N2O. The number of rotatable bonds is 2. The van der Waals surface area contributed by atoms with Gasteiger partial charge in [0.05, 0.1) is 11.4 Å². The summed E-state index contributed by atoms with van der Waals surface area (Å²) in [6, 6.07) is 16.4. The third kappa shape index (κ3) is 2.42. The van der Waals surface area contributed by atoms with Crippen molar-refractivity contribution in [2.45, 2.75) is 20.8 Å². The minimum atomic E-state index is 0.200. The molecule has 0 aliphatic carbocycles. The van der Waals surface area contributed by atoms with E-state index in [4.69, 9.17) is 9.93 Å². The number of hydrogen-bond donors (Lipinski definition) is 1. The van der Waals surface area contributed by atoms with E-state index in [0.29, 0.717) is 0 Å². The summed E-state index contributed by atoms with van der Waals surface area (Å²) >= 11 is 0. The van der Waals surface area contributed by atoms with Gasteiger partial charge >= 0.3 is 0 Å². The summed E-state index contributed by atoms with van der Waals surface area (Å²) in [6.45, 7) is 6.04. The van der Waals surface area contributed by atoms with Crippen molar-refractivity contribution in [1.82, 2.24) is 4.74 Å². The lowest BCUT2D eigenvalue weighted by atomic mass is 10.1. The highest BCUT2D eigenvalue weighted by Crippen LogP contribution is 2.25. The van der Waals surface area contributed by atoms with Crippen LogP contribution in [0.1, 0.15) is 16.7 Å². The van der Waals surface area contributed by atoms with Gasteiger partial charge in [-0.15, -0.1) is 0 Å². The van der Waals surface area contributed by atoms with Crippen LogP contribution < -0.4 is 5.55 Å². The Hall–Kier alpha value is -2.55. The second-order valence-electron chi connectivity index (χ2n) is 5.39. The van der Waals surface area contributed by atoms with Crippen molar-refractivity contribution in [3.05, 3.63) is 70.8 Å². The van der Waals surface area contributed by atoms with Crippen molar-refractivity contribution in [2.75, 3.05) is 0 Å². The molecular weight excluding hydrogens is 260 g/mol. The second kappa shape index (κ2) is 5.09. The van der Waals surface area contributed by atoms with Crippen LogP contribution in [0.3, 0.4) is 0 Å². The van der Waals surface area contributed by atoms with Gasteiger partial charge in [-0.25, -0.2) is 0 Å². The minimum Gasteiger partial charge on any atom is -0.354 e. The van der Waals surface area contributed by atoms with Crippen LogP contribution in [0.25, 0.3) is 16.9 Å². The lowest BCUT2D eigenvalue weighted by Crippen LogP contribution is -1.96. The zero-order valence-electron chi connectivity index (χ0n) is 12.5. The molecule has 1 heterocycles. The van der Waals surface area contributed by atoms with Gasteiger partial charge in [-0.2, -0.15) is 4.74 Å². The topological polar surface area (TPSA) is 41.9 Å². The van der Waals surface area contributed by atoms with Crippen molar-refractivity contribution in [3.63, 3.8) is 0 Å². The van der Waals surface area contributed by atoms with E-state index in [1.54, 1.807) is 4.74 Å². The fourth-order valence-corrected chi connectivity index (χ4v) is 2.37. The Labute approximate surface area is 124 Å². The molecule has 3 rings (SSSR count). The van der Waals surface area contributed by atoms with Crippen LogP contribution in [0, 0.1) is 26.2 Å². The fourth-order valence-electron chi connectivity index (χ4n) is 2.37. The highest BCUT2D eigenvalue weighted by molar-refractivity contribution is 5.65.